The molecule has 9 nitrogen and oxygen atoms in total. The summed E-state index contributed by atoms with van der Waals surface area (Å²) in [5.41, 5.74) is 3.17. The van der Waals surface area contributed by atoms with Gasteiger partial charge in [0.15, 0.2) is 5.69 Å². The molecule has 2 aromatic heterocycles. The van der Waals surface area contributed by atoms with Crippen molar-refractivity contribution >= 4 is 11.6 Å². The van der Waals surface area contributed by atoms with E-state index >= 15 is 0 Å². The number of allylic oxidation sites excluding steroid dienone is 3. The average Bonchev–Trinajstić information content (AvgIpc) is 3.31. The number of nitrogens with zero attached hydrogens (tertiary/aromatic N) is 2. The van der Waals surface area contributed by atoms with Gasteiger partial charge in [-0.2, -0.15) is 0 Å². The molecule has 1 amide bonds. The van der Waals surface area contributed by atoms with Crippen LogP contribution in [-0.4, -0.2) is 46.8 Å². The van der Waals surface area contributed by atoms with Gasteiger partial charge in [0.2, 0.25) is 5.89 Å². The summed E-state index contributed by atoms with van der Waals surface area (Å²) < 4.78 is 11.4. The highest BCUT2D eigenvalue weighted by Gasteiger charge is 2.22. The number of ether oxygens (including phenoxy) is 1. The van der Waals surface area contributed by atoms with Gasteiger partial charge in [-0.15, -0.1) is 0 Å². The molecular formula is C25H30N6O3. The predicted octanol–water partition coefficient (Wildman–Crippen LogP) is 3.23. The smallest absolute Gasteiger partial charge is 0.277 e. The Kier molecular flexibility index (Phi) is 7.22. The van der Waals surface area contributed by atoms with E-state index in [0.29, 0.717) is 34.7 Å². The van der Waals surface area contributed by atoms with Crippen LogP contribution in [-0.2, 0) is 4.74 Å². The molecule has 0 aromatic carbocycles. The number of nitrogens with one attached hydrogen (secondary N) is 4. The lowest BCUT2D eigenvalue weighted by molar-refractivity contribution is 0.0949. The first-order valence-corrected chi connectivity index (χ1v) is 11.4. The van der Waals surface area contributed by atoms with Crippen LogP contribution in [0.3, 0.4) is 0 Å². The van der Waals surface area contributed by atoms with E-state index in [9.17, 15) is 4.79 Å². The number of hydrogen-bond donors (Lipinski definition) is 4. The van der Waals surface area contributed by atoms with Crippen LogP contribution >= 0.6 is 0 Å². The van der Waals surface area contributed by atoms with Gasteiger partial charge in [-0.3, -0.25) is 9.78 Å². The number of aromatic nitrogens is 2. The molecule has 4 N–H and O–H groups in total. The number of hydrogen-bond acceptors (Lipinski definition) is 8. The summed E-state index contributed by atoms with van der Waals surface area (Å²) in [6, 6.07) is 3.97. The third-order valence-electron chi connectivity index (χ3n) is 5.46. The molecule has 9 heteroatoms. The largest absolute Gasteiger partial charge is 0.489 e. The van der Waals surface area contributed by atoms with E-state index in [0.717, 1.165) is 37.2 Å². The van der Waals surface area contributed by atoms with Crippen molar-refractivity contribution in [3.8, 4) is 11.5 Å². The molecule has 0 radical (unpaired) electrons. The monoisotopic (exact) mass is 462 g/mol. The van der Waals surface area contributed by atoms with Gasteiger partial charge in [0, 0.05) is 41.3 Å². The molecule has 1 aliphatic carbocycles. The third-order valence-corrected chi connectivity index (χ3v) is 5.46. The fourth-order valence-corrected chi connectivity index (χ4v) is 3.74. The molecule has 178 valence electrons. The van der Waals surface area contributed by atoms with Gasteiger partial charge in [-0.1, -0.05) is 0 Å². The zero-order valence-corrected chi connectivity index (χ0v) is 19.6. The Morgan fingerprint density at radius 2 is 2.12 bits per heavy atom. The van der Waals surface area contributed by atoms with Crippen LogP contribution in [0.15, 0.2) is 64.4 Å². The number of pyridine rings is 1. The first-order chi connectivity index (χ1) is 16.4. The van der Waals surface area contributed by atoms with Gasteiger partial charge in [0.25, 0.3) is 5.91 Å². The lowest BCUT2D eigenvalue weighted by atomic mass is 10.0. The Hall–Kier alpha value is -3.72. The van der Waals surface area contributed by atoms with E-state index in [1.165, 1.54) is 6.26 Å². The fourth-order valence-electron chi connectivity index (χ4n) is 3.74. The number of aryl methyl sites for hydroxylation is 1. The molecule has 4 rings (SSSR count). The fraction of sp³-hybridized carbons (Fsp3) is 0.360. The maximum absolute atomic E-state index is 13.0. The Balaban J connectivity index is 1.53. The van der Waals surface area contributed by atoms with Gasteiger partial charge in [0.05, 0.1) is 17.5 Å². The van der Waals surface area contributed by atoms with Crippen molar-refractivity contribution in [2.45, 2.75) is 45.8 Å². The van der Waals surface area contributed by atoms with E-state index in [-0.39, 0.29) is 11.8 Å². The van der Waals surface area contributed by atoms with Crippen molar-refractivity contribution in [3.63, 3.8) is 0 Å². The molecule has 1 saturated heterocycles. The molecule has 0 unspecified atom stereocenters. The Morgan fingerprint density at radius 3 is 2.85 bits per heavy atom. The molecule has 0 bridgehead atoms. The summed E-state index contributed by atoms with van der Waals surface area (Å²) in [5.74, 6) is 0.348. The highest BCUT2D eigenvalue weighted by Crippen LogP contribution is 2.23. The van der Waals surface area contributed by atoms with Crippen LogP contribution < -0.4 is 16.0 Å². The first kappa shape index (κ1) is 23.4. The second-order valence-electron chi connectivity index (χ2n) is 8.62. The maximum Gasteiger partial charge on any atom is 0.277 e. The van der Waals surface area contributed by atoms with Crippen molar-refractivity contribution < 1.29 is 13.9 Å². The molecule has 1 fully saturated rings. The molecule has 0 saturated carbocycles. The van der Waals surface area contributed by atoms with E-state index in [2.05, 4.69) is 25.9 Å². The van der Waals surface area contributed by atoms with E-state index in [1.807, 2.05) is 33.0 Å². The molecule has 0 atom stereocenters. The van der Waals surface area contributed by atoms with E-state index in [1.54, 1.807) is 24.4 Å². The van der Waals surface area contributed by atoms with E-state index in [4.69, 9.17) is 14.6 Å². The maximum atomic E-state index is 13.0. The number of amides is 1. The van der Waals surface area contributed by atoms with Crippen molar-refractivity contribution in [1.82, 2.24) is 25.9 Å². The first-order valence-electron chi connectivity index (χ1n) is 11.4. The number of carbonyl (C=O) groups excluding carboxylic acids is 1. The summed E-state index contributed by atoms with van der Waals surface area (Å²) in [7, 11) is 0. The Bertz CT molecular complexity index is 1150. The lowest BCUT2D eigenvalue weighted by Crippen LogP contribution is -2.38. The van der Waals surface area contributed by atoms with Gasteiger partial charge in [0.1, 0.15) is 12.0 Å². The predicted molar refractivity (Wildman–Crippen MR) is 129 cm³/mol. The van der Waals surface area contributed by atoms with Crippen molar-refractivity contribution in [1.29, 1.82) is 5.41 Å². The van der Waals surface area contributed by atoms with Crippen LogP contribution in [0.25, 0.3) is 11.5 Å². The third kappa shape index (κ3) is 5.79. The van der Waals surface area contributed by atoms with Gasteiger partial charge in [-0.05, 0) is 64.9 Å². The number of oxazole rings is 1. The van der Waals surface area contributed by atoms with Gasteiger partial charge >= 0.3 is 0 Å². The Morgan fingerprint density at radius 1 is 1.32 bits per heavy atom. The molecule has 3 heterocycles. The molecule has 2 aromatic rings. The summed E-state index contributed by atoms with van der Waals surface area (Å²) in [6.07, 6.45) is 10.1. The minimum absolute atomic E-state index is 0.119. The highest BCUT2D eigenvalue weighted by molar-refractivity contribution is 6.10. The molecule has 0 spiro atoms. The summed E-state index contributed by atoms with van der Waals surface area (Å²) in [6.45, 7) is 7.62. The lowest BCUT2D eigenvalue weighted by Gasteiger charge is -2.24. The molecule has 34 heavy (non-hydrogen) atoms. The standard InChI is InChI=1S/C25H30N6O3/c1-15(2)34-23-12-20(26)18(13-29-19-5-7-27-8-6-19)11-21(23)30-24(32)22-14-33-25(31-22)17-4-9-28-16(3)10-17/h4,9-15,19,26-27,29H,5-8H2,1-3H3,(H,30,32)/b18-13-,26-20?. The zero-order chi connectivity index (χ0) is 24.1. The minimum atomic E-state index is -0.427. The quantitative estimate of drug-likeness (QED) is 0.498. The SMILES string of the molecule is Cc1cc(-c2nc(C(=O)NC3=C/C(=C/NC4CCNCC4)C(=N)C=C3OC(C)C)co2)ccn1. The topological polar surface area (TPSA) is 125 Å². The second-order valence-corrected chi connectivity index (χ2v) is 8.62. The minimum Gasteiger partial charge on any atom is -0.489 e. The summed E-state index contributed by atoms with van der Waals surface area (Å²) >= 11 is 0. The van der Waals surface area contributed by atoms with Crippen LogP contribution in [0.1, 0.15) is 42.9 Å². The number of carbonyl (C=O) groups is 1. The average molecular weight is 463 g/mol. The van der Waals surface area contributed by atoms with Crippen LogP contribution in [0.4, 0.5) is 0 Å². The molecular weight excluding hydrogens is 432 g/mol. The normalized spacial score (nSPS) is 18.0. The van der Waals surface area contributed by atoms with Crippen LogP contribution in [0.5, 0.6) is 0 Å². The Labute approximate surface area is 198 Å². The highest BCUT2D eigenvalue weighted by atomic mass is 16.5. The van der Waals surface area contributed by atoms with Crippen molar-refractivity contribution in [3.05, 3.63) is 71.4 Å². The van der Waals surface area contributed by atoms with E-state index < -0.39 is 5.91 Å². The van der Waals surface area contributed by atoms with Gasteiger partial charge in [-0.25, -0.2) is 4.98 Å². The number of piperidine rings is 1. The summed E-state index contributed by atoms with van der Waals surface area (Å²) in [5, 5.41) is 18.0. The van der Waals surface area contributed by atoms with Gasteiger partial charge < -0.3 is 30.5 Å². The van der Waals surface area contributed by atoms with Crippen molar-refractivity contribution in [2.75, 3.05) is 13.1 Å². The van der Waals surface area contributed by atoms with Crippen LogP contribution in [0, 0.1) is 12.3 Å². The molecule has 1 aliphatic heterocycles. The summed E-state index contributed by atoms with van der Waals surface area (Å²) in [4.78, 5) is 21.5. The number of rotatable bonds is 7. The van der Waals surface area contributed by atoms with Crippen molar-refractivity contribution in [2.24, 2.45) is 0 Å². The van der Waals surface area contributed by atoms with Crippen LogP contribution in [0.2, 0.25) is 0 Å². The second kappa shape index (κ2) is 10.5. The molecule has 2 aliphatic rings. The zero-order valence-electron chi connectivity index (χ0n) is 19.6.